The number of likely N-dealkylation sites (tertiary alicyclic amines) is 1. The van der Waals surface area contributed by atoms with Crippen LogP contribution in [0, 0.1) is 6.92 Å². The van der Waals surface area contributed by atoms with Gasteiger partial charge in [-0.3, -0.25) is 15.0 Å². The van der Waals surface area contributed by atoms with Crippen LogP contribution in [-0.2, 0) is 4.79 Å². The molecule has 4 N–H and O–H groups in total. The standard InChI is InChI=1S/C16H24N4O2/c1-11-5-3-4-6-14(11)18-13-7-9-20(10-8-13)12(2)15(21)19-16(17)22/h3-6,12-13,18H,7-10H2,1-2H3,(H3,17,19,21,22)/t12-/m1/s1. The van der Waals surface area contributed by atoms with Gasteiger partial charge in [0.15, 0.2) is 0 Å². The number of amides is 3. The first-order valence-corrected chi connectivity index (χ1v) is 7.64. The number of carbonyl (C=O) groups is 2. The van der Waals surface area contributed by atoms with E-state index in [2.05, 4.69) is 34.6 Å². The largest absolute Gasteiger partial charge is 0.382 e. The van der Waals surface area contributed by atoms with E-state index >= 15 is 0 Å². The SMILES string of the molecule is Cc1ccccc1NC1CCN([C@H](C)C(=O)NC(N)=O)CC1. The Bertz CT molecular complexity index is 539. The van der Waals surface area contributed by atoms with Crippen LogP contribution in [0.2, 0.25) is 0 Å². The Kier molecular flexibility index (Phi) is 5.38. The highest BCUT2D eigenvalue weighted by Crippen LogP contribution is 2.20. The molecule has 0 unspecified atom stereocenters. The van der Waals surface area contributed by atoms with Gasteiger partial charge in [0, 0.05) is 24.8 Å². The van der Waals surface area contributed by atoms with E-state index in [0.29, 0.717) is 6.04 Å². The maximum atomic E-state index is 11.8. The number of aryl methyl sites for hydroxylation is 1. The maximum absolute atomic E-state index is 11.8. The van der Waals surface area contributed by atoms with E-state index in [9.17, 15) is 9.59 Å². The fourth-order valence-corrected chi connectivity index (χ4v) is 2.78. The molecule has 3 amide bonds. The monoisotopic (exact) mass is 304 g/mol. The second-order valence-electron chi connectivity index (χ2n) is 5.80. The van der Waals surface area contributed by atoms with E-state index < -0.39 is 6.03 Å². The minimum atomic E-state index is -0.798. The van der Waals surface area contributed by atoms with Gasteiger partial charge in [-0.15, -0.1) is 0 Å². The second kappa shape index (κ2) is 7.26. The van der Waals surface area contributed by atoms with Crippen molar-refractivity contribution in [1.29, 1.82) is 0 Å². The minimum absolute atomic E-state index is 0.335. The lowest BCUT2D eigenvalue weighted by molar-refractivity contribution is -0.125. The third-order valence-corrected chi connectivity index (χ3v) is 4.21. The summed E-state index contributed by atoms with van der Waals surface area (Å²) in [5.41, 5.74) is 7.39. The Labute approximate surface area is 131 Å². The Balaban J connectivity index is 1.84. The number of nitrogens with one attached hydrogen (secondary N) is 2. The molecule has 120 valence electrons. The van der Waals surface area contributed by atoms with Gasteiger partial charge in [-0.05, 0) is 38.3 Å². The van der Waals surface area contributed by atoms with Crippen LogP contribution in [0.4, 0.5) is 10.5 Å². The lowest BCUT2D eigenvalue weighted by Crippen LogP contribution is -2.51. The van der Waals surface area contributed by atoms with Crippen LogP contribution in [0.5, 0.6) is 0 Å². The van der Waals surface area contributed by atoms with E-state index in [1.165, 1.54) is 11.3 Å². The molecule has 1 saturated heterocycles. The summed E-state index contributed by atoms with van der Waals surface area (Å²) in [6, 6.07) is 7.50. The fourth-order valence-electron chi connectivity index (χ4n) is 2.78. The molecule has 1 aliphatic heterocycles. The number of hydrogen-bond donors (Lipinski definition) is 3. The number of nitrogens with zero attached hydrogens (tertiary/aromatic N) is 1. The summed E-state index contributed by atoms with van der Waals surface area (Å²) in [5.74, 6) is -0.335. The van der Waals surface area contributed by atoms with Gasteiger partial charge in [0.1, 0.15) is 0 Å². The molecule has 0 spiro atoms. The van der Waals surface area contributed by atoms with E-state index in [0.717, 1.165) is 25.9 Å². The third-order valence-electron chi connectivity index (χ3n) is 4.21. The van der Waals surface area contributed by atoms with Crippen molar-refractivity contribution in [2.75, 3.05) is 18.4 Å². The average molecular weight is 304 g/mol. The Morgan fingerprint density at radius 3 is 2.50 bits per heavy atom. The van der Waals surface area contributed by atoms with Gasteiger partial charge in [0.2, 0.25) is 5.91 Å². The number of rotatable bonds is 4. The Hall–Kier alpha value is -2.08. The quantitative estimate of drug-likeness (QED) is 0.786. The summed E-state index contributed by atoms with van der Waals surface area (Å²) in [5, 5.41) is 5.71. The molecule has 1 aromatic carbocycles. The van der Waals surface area contributed by atoms with Crippen LogP contribution in [-0.4, -0.2) is 42.0 Å². The average Bonchev–Trinajstić information content (AvgIpc) is 2.49. The fraction of sp³-hybridized carbons (Fsp3) is 0.500. The predicted molar refractivity (Wildman–Crippen MR) is 86.6 cm³/mol. The third kappa shape index (κ3) is 4.21. The highest BCUT2D eigenvalue weighted by molar-refractivity contribution is 5.96. The van der Waals surface area contributed by atoms with Gasteiger partial charge < -0.3 is 11.1 Å². The van der Waals surface area contributed by atoms with Crippen molar-refractivity contribution in [3.8, 4) is 0 Å². The van der Waals surface area contributed by atoms with Gasteiger partial charge in [0.25, 0.3) is 0 Å². The zero-order valence-corrected chi connectivity index (χ0v) is 13.1. The summed E-state index contributed by atoms with van der Waals surface area (Å²) in [6.07, 6.45) is 1.92. The molecule has 0 aliphatic carbocycles. The van der Waals surface area contributed by atoms with Crippen molar-refractivity contribution in [1.82, 2.24) is 10.2 Å². The molecular formula is C16H24N4O2. The van der Waals surface area contributed by atoms with Gasteiger partial charge in [-0.25, -0.2) is 4.79 Å². The van der Waals surface area contributed by atoms with E-state index in [-0.39, 0.29) is 11.9 Å². The Morgan fingerprint density at radius 1 is 1.27 bits per heavy atom. The van der Waals surface area contributed by atoms with Crippen LogP contribution in [0.1, 0.15) is 25.3 Å². The molecule has 1 aliphatic rings. The topological polar surface area (TPSA) is 87.5 Å². The molecule has 0 saturated carbocycles. The molecule has 0 aromatic heterocycles. The number of benzene rings is 1. The molecule has 0 bridgehead atoms. The highest BCUT2D eigenvalue weighted by atomic mass is 16.2. The number of piperidine rings is 1. The number of anilines is 1. The van der Waals surface area contributed by atoms with Crippen molar-refractivity contribution in [2.24, 2.45) is 5.73 Å². The first-order chi connectivity index (χ1) is 10.5. The normalized spacial score (nSPS) is 17.7. The molecule has 2 rings (SSSR count). The van der Waals surface area contributed by atoms with E-state index in [1.54, 1.807) is 6.92 Å². The van der Waals surface area contributed by atoms with E-state index in [1.807, 2.05) is 12.1 Å². The minimum Gasteiger partial charge on any atom is -0.382 e. The summed E-state index contributed by atoms with van der Waals surface area (Å²) in [4.78, 5) is 24.6. The number of para-hydroxylation sites is 1. The van der Waals surface area contributed by atoms with Crippen molar-refractivity contribution in [2.45, 2.75) is 38.8 Å². The molecule has 6 heteroatoms. The van der Waals surface area contributed by atoms with Gasteiger partial charge in [0.05, 0.1) is 6.04 Å². The lowest BCUT2D eigenvalue weighted by Gasteiger charge is -2.36. The van der Waals surface area contributed by atoms with Crippen molar-refractivity contribution < 1.29 is 9.59 Å². The van der Waals surface area contributed by atoms with Gasteiger partial charge >= 0.3 is 6.03 Å². The highest BCUT2D eigenvalue weighted by Gasteiger charge is 2.27. The molecule has 6 nitrogen and oxygen atoms in total. The van der Waals surface area contributed by atoms with Gasteiger partial charge in [-0.1, -0.05) is 18.2 Å². The number of hydrogen-bond acceptors (Lipinski definition) is 4. The second-order valence-corrected chi connectivity index (χ2v) is 5.80. The number of carbonyl (C=O) groups excluding carboxylic acids is 2. The number of imide groups is 1. The number of urea groups is 1. The van der Waals surface area contributed by atoms with Crippen molar-refractivity contribution >= 4 is 17.6 Å². The molecule has 0 radical (unpaired) electrons. The summed E-state index contributed by atoms with van der Waals surface area (Å²) in [7, 11) is 0. The first-order valence-electron chi connectivity index (χ1n) is 7.64. The summed E-state index contributed by atoms with van der Waals surface area (Å²) >= 11 is 0. The van der Waals surface area contributed by atoms with Crippen LogP contribution in [0.15, 0.2) is 24.3 Å². The summed E-state index contributed by atoms with van der Waals surface area (Å²) in [6.45, 7) is 5.52. The van der Waals surface area contributed by atoms with Crippen LogP contribution >= 0.6 is 0 Å². The predicted octanol–water partition coefficient (Wildman–Crippen LogP) is 1.45. The molecule has 1 atom stereocenters. The summed E-state index contributed by atoms with van der Waals surface area (Å²) < 4.78 is 0. The van der Waals surface area contributed by atoms with E-state index in [4.69, 9.17) is 5.73 Å². The van der Waals surface area contributed by atoms with Crippen LogP contribution in [0.3, 0.4) is 0 Å². The lowest BCUT2D eigenvalue weighted by atomic mass is 10.0. The van der Waals surface area contributed by atoms with Gasteiger partial charge in [-0.2, -0.15) is 0 Å². The first kappa shape index (κ1) is 16.3. The molecule has 1 fully saturated rings. The molecule has 1 heterocycles. The molecule has 22 heavy (non-hydrogen) atoms. The Morgan fingerprint density at radius 2 is 1.91 bits per heavy atom. The smallest absolute Gasteiger partial charge is 0.318 e. The number of nitrogens with two attached hydrogens (primary N) is 1. The van der Waals surface area contributed by atoms with Crippen molar-refractivity contribution in [3.05, 3.63) is 29.8 Å². The molecule has 1 aromatic rings. The van der Waals surface area contributed by atoms with Crippen molar-refractivity contribution in [3.63, 3.8) is 0 Å². The van der Waals surface area contributed by atoms with Crippen LogP contribution < -0.4 is 16.4 Å². The number of primary amides is 1. The molecular weight excluding hydrogens is 280 g/mol. The zero-order chi connectivity index (χ0) is 16.1. The zero-order valence-electron chi connectivity index (χ0n) is 13.1. The maximum Gasteiger partial charge on any atom is 0.318 e. The van der Waals surface area contributed by atoms with Crippen LogP contribution in [0.25, 0.3) is 0 Å².